The average molecular weight is 476 g/mol. The Labute approximate surface area is 194 Å². The Morgan fingerprint density at radius 3 is 2.55 bits per heavy atom. The summed E-state index contributed by atoms with van der Waals surface area (Å²) in [6.07, 6.45) is 0.485. The number of aromatic nitrogens is 2. The second kappa shape index (κ2) is 10.7. The lowest BCUT2D eigenvalue weighted by molar-refractivity contribution is -0.113. The number of amides is 1. The summed E-state index contributed by atoms with van der Waals surface area (Å²) >= 11 is 1.06. The molecule has 2 aromatic carbocycles. The number of hydrogen-bond donors (Lipinski definition) is 2. The summed E-state index contributed by atoms with van der Waals surface area (Å²) in [6, 6.07) is 7.08. The fourth-order valence-electron chi connectivity index (χ4n) is 3.32. The number of anilines is 1. The molecule has 10 heteroatoms. The summed E-state index contributed by atoms with van der Waals surface area (Å²) < 4.78 is 25.8. The maximum absolute atomic E-state index is 13.8. The van der Waals surface area contributed by atoms with Crippen molar-refractivity contribution >= 4 is 34.3 Å². The van der Waals surface area contributed by atoms with E-state index in [0.717, 1.165) is 11.8 Å². The van der Waals surface area contributed by atoms with Crippen molar-refractivity contribution in [3.05, 3.63) is 52.1 Å². The molecular formula is C23H26FN3O5S. The number of fused-ring (bicyclic) bond motifs is 1. The molecule has 1 amide bonds. The number of aliphatic hydroxyl groups excluding tert-OH is 1. The van der Waals surface area contributed by atoms with Gasteiger partial charge in [-0.3, -0.25) is 14.2 Å². The van der Waals surface area contributed by atoms with E-state index in [9.17, 15) is 19.1 Å². The first-order chi connectivity index (χ1) is 15.8. The molecule has 0 aliphatic carbocycles. The van der Waals surface area contributed by atoms with Gasteiger partial charge in [0.05, 0.1) is 43.5 Å². The van der Waals surface area contributed by atoms with Gasteiger partial charge >= 0.3 is 0 Å². The van der Waals surface area contributed by atoms with Crippen LogP contribution in [-0.4, -0.2) is 47.1 Å². The molecule has 8 nitrogen and oxygen atoms in total. The van der Waals surface area contributed by atoms with E-state index >= 15 is 0 Å². The monoisotopic (exact) mass is 475 g/mol. The third-order valence-corrected chi connectivity index (χ3v) is 6.16. The Morgan fingerprint density at radius 1 is 1.24 bits per heavy atom. The van der Waals surface area contributed by atoms with Gasteiger partial charge in [-0.05, 0) is 37.1 Å². The first-order valence-corrected chi connectivity index (χ1v) is 11.3. The van der Waals surface area contributed by atoms with Crippen molar-refractivity contribution in [2.24, 2.45) is 0 Å². The fraction of sp³-hybridized carbons (Fsp3) is 0.348. The van der Waals surface area contributed by atoms with Crippen LogP contribution in [-0.2, 0) is 4.79 Å². The third kappa shape index (κ3) is 5.28. The molecule has 3 rings (SSSR count). The lowest BCUT2D eigenvalue weighted by atomic mass is 10.2. The first kappa shape index (κ1) is 24.5. The SMILES string of the molecule is CC[C@H](CO)n1c(SCC(=O)Nc2ccc(C)c(F)c2)nc2cc(OC)c(OC)cc2c1=O. The molecule has 33 heavy (non-hydrogen) atoms. The molecule has 0 fully saturated rings. The van der Waals surface area contributed by atoms with E-state index in [1.165, 1.54) is 24.9 Å². The van der Waals surface area contributed by atoms with E-state index in [0.29, 0.717) is 40.1 Å². The summed E-state index contributed by atoms with van der Waals surface area (Å²) in [5, 5.41) is 13.1. The van der Waals surface area contributed by atoms with Crippen molar-refractivity contribution < 1.29 is 23.8 Å². The van der Waals surface area contributed by atoms with Crippen LogP contribution in [0.3, 0.4) is 0 Å². The number of ether oxygens (including phenoxy) is 2. The first-order valence-electron chi connectivity index (χ1n) is 10.3. The van der Waals surface area contributed by atoms with Gasteiger partial charge in [0.1, 0.15) is 5.82 Å². The number of thioether (sulfide) groups is 1. The standard InChI is InChI=1S/C23H26FN3O5S/c1-5-15(11-28)27-22(30)16-9-19(31-3)20(32-4)10-18(16)26-23(27)33-12-21(29)25-14-7-6-13(2)17(24)8-14/h6-10,15,28H,5,11-12H2,1-4H3,(H,25,29)/t15-/m1/s1. The topological polar surface area (TPSA) is 103 Å². The summed E-state index contributed by atoms with van der Waals surface area (Å²) in [5.74, 6) is -0.0589. The van der Waals surface area contributed by atoms with Crippen LogP contribution in [0.4, 0.5) is 10.1 Å². The van der Waals surface area contributed by atoms with Crippen molar-refractivity contribution in [3.63, 3.8) is 0 Å². The van der Waals surface area contributed by atoms with Crippen LogP contribution in [0, 0.1) is 12.7 Å². The summed E-state index contributed by atoms with van der Waals surface area (Å²) in [7, 11) is 2.96. The van der Waals surface area contributed by atoms with Crippen LogP contribution in [0.15, 0.2) is 40.3 Å². The van der Waals surface area contributed by atoms with Gasteiger partial charge in [-0.1, -0.05) is 24.8 Å². The van der Waals surface area contributed by atoms with E-state index in [2.05, 4.69) is 10.3 Å². The lowest BCUT2D eigenvalue weighted by Crippen LogP contribution is -2.29. The number of carbonyl (C=O) groups excluding carboxylic acids is 1. The van der Waals surface area contributed by atoms with Crippen LogP contribution < -0.4 is 20.3 Å². The molecule has 0 aliphatic rings. The van der Waals surface area contributed by atoms with Gasteiger partial charge in [-0.25, -0.2) is 9.37 Å². The Morgan fingerprint density at radius 2 is 1.94 bits per heavy atom. The van der Waals surface area contributed by atoms with Crippen LogP contribution in [0.25, 0.3) is 10.9 Å². The van der Waals surface area contributed by atoms with Gasteiger partial charge in [0.2, 0.25) is 5.91 Å². The number of benzene rings is 2. The molecule has 0 aliphatic heterocycles. The quantitative estimate of drug-likeness (QED) is 0.360. The molecular weight excluding hydrogens is 449 g/mol. The normalized spacial score (nSPS) is 11.9. The number of methoxy groups -OCH3 is 2. The highest BCUT2D eigenvalue weighted by molar-refractivity contribution is 7.99. The zero-order valence-corrected chi connectivity index (χ0v) is 19.7. The molecule has 176 valence electrons. The largest absolute Gasteiger partial charge is 0.493 e. The number of halogens is 1. The highest BCUT2D eigenvalue weighted by Gasteiger charge is 2.21. The molecule has 0 unspecified atom stereocenters. The van der Waals surface area contributed by atoms with E-state index in [-0.39, 0.29) is 29.0 Å². The molecule has 1 atom stereocenters. The number of aliphatic hydroxyl groups is 1. The van der Waals surface area contributed by atoms with E-state index in [1.807, 2.05) is 6.92 Å². The van der Waals surface area contributed by atoms with E-state index in [1.54, 1.807) is 31.2 Å². The molecule has 1 heterocycles. The Bertz CT molecular complexity index is 1230. The number of nitrogens with one attached hydrogen (secondary N) is 1. The minimum Gasteiger partial charge on any atom is -0.493 e. The number of hydrogen-bond acceptors (Lipinski definition) is 7. The second-order valence-electron chi connectivity index (χ2n) is 7.34. The zero-order chi connectivity index (χ0) is 24.1. The molecule has 1 aromatic heterocycles. The predicted octanol–water partition coefficient (Wildman–Crippen LogP) is 3.54. The van der Waals surface area contributed by atoms with Gasteiger partial charge in [-0.2, -0.15) is 0 Å². The number of aryl methyl sites for hydroxylation is 1. The molecule has 0 spiro atoms. The van der Waals surface area contributed by atoms with Crippen molar-refractivity contribution in [1.29, 1.82) is 0 Å². The summed E-state index contributed by atoms with van der Waals surface area (Å²) in [4.78, 5) is 30.4. The van der Waals surface area contributed by atoms with Crippen molar-refractivity contribution in [3.8, 4) is 11.5 Å². The van der Waals surface area contributed by atoms with Crippen LogP contribution in [0.5, 0.6) is 11.5 Å². The number of nitrogens with zero attached hydrogens (tertiary/aromatic N) is 2. The van der Waals surface area contributed by atoms with Crippen molar-refractivity contribution in [1.82, 2.24) is 9.55 Å². The van der Waals surface area contributed by atoms with Crippen molar-refractivity contribution in [2.75, 3.05) is 31.9 Å². The lowest BCUT2D eigenvalue weighted by Gasteiger charge is -2.20. The third-order valence-electron chi connectivity index (χ3n) is 5.21. The second-order valence-corrected chi connectivity index (χ2v) is 8.28. The van der Waals surface area contributed by atoms with Gasteiger partial charge < -0.3 is 19.9 Å². The minimum absolute atomic E-state index is 0.0669. The highest BCUT2D eigenvalue weighted by Crippen LogP contribution is 2.32. The maximum Gasteiger partial charge on any atom is 0.262 e. The number of carbonyl (C=O) groups is 1. The van der Waals surface area contributed by atoms with Crippen LogP contribution in [0.1, 0.15) is 24.9 Å². The smallest absolute Gasteiger partial charge is 0.262 e. The van der Waals surface area contributed by atoms with Gasteiger partial charge in [0, 0.05) is 11.8 Å². The van der Waals surface area contributed by atoms with E-state index < -0.39 is 11.9 Å². The minimum atomic E-state index is -0.515. The zero-order valence-electron chi connectivity index (χ0n) is 18.8. The molecule has 0 saturated heterocycles. The Hall–Kier alpha value is -3.11. The maximum atomic E-state index is 13.8. The Balaban J connectivity index is 1.97. The highest BCUT2D eigenvalue weighted by atomic mass is 32.2. The summed E-state index contributed by atoms with van der Waals surface area (Å²) in [6.45, 7) is 3.22. The van der Waals surface area contributed by atoms with Gasteiger partial charge in [-0.15, -0.1) is 0 Å². The predicted molar refractivity (Wildman–Crippen MR) is 126 cm³/mol. The molecule has 0 radical (unpaired) electrons. The summed E-state index contributed by atoms with van der Waals surface area (Å²) in [5.41, 5.74) is 0.843. The molecule has 2 N–H and O–H groups in total. The average Bonchev–Trinajstić information content (AvgIpc) is 2.81. The molecule has 0 saturated carbocycles. The van der Waals surface area contributed by atoms with E-state index in [4.69, 9.17) is 9.47 Å². The molecule has 0 bridgehead atoms. The van der Waals surface area contributed by atoms with Gasteiger partial charge in [0.15, 0.2) is 16.7 Å². The van der Waals surface area contributed by atoms with Gasteiger partial charge in [0.25, 0.3) is 5.56 Å². The van der Waals surface area contributed by atoms with Crippen LogP contribution >= 0.6 is 11.8 Å². The number of rotatable bonds is 9. The van der Waals surface area contributed by atoms with Crippen LogP contribution in [0.2, 0.25) is 0 Å². The fourth-order valence-corrected chi connectivity index (χ4v) is 4.19. The Kier molecular flexibility index (Phi) is 7.93. The van der Waals surface area contributed by atoms with Crippen molar-refractivity contribution in [2.45, 2.75) is 31.5 Å². The molecule has 3 aromatic rings.